The number of hydrogen-bond donors (Lipinski definition) is 1. The lowest BCUT2D eigenvalue weighted by Crippen LogP contribution is -2.37. The minimum absolute atomic E-state index is 0.250. The molecular formula is C23H18ClF3N2O. The Morgan fingerprint density at radius 2 is 1.63 bits per heavy atom. The van der Waals surface area contributed by atoms with Crippen LogP contribution in [0.5, 0.6) is 0 Å². The maximum Gasteiger partial charge on any atom is 0.416 e. The molecule has 0 bridgehead atoms. The Balaban J connectivity index is 1.71. The van der Waals surface area contributed by atoms with Crippen molar-refractivity contribution in [1.82, 2.24) is 0 Å². The molecule has 1 N–H and O–H groups in total. The van der Waals surface area contributed by atoms with Crippen LogP contribution in [0.15, 0.2) is 72.8 Å². The Bertz CT molecular complexity index is 1070. The summed E-state index contributed by atoms with van der Waals surface area (Å²) in [5, 5.41) is 3.55. The topological polar surface area (TPSA) is 32.3 Å². The van der Waals surface area contributed by atoms with Crippen LogP contribution in [0, 0.1) is 0 Å². The lowest BCUT2D eigenvalue weighted by Gasteiger charge is -2.26. The average molecular weight is 431 g/mol. The Morgan fingerprint density at radius 3 is 2.33 bits per heavy atom. The fraction of sp³-hybridized carbons (Fsp3) is 0.174. The van der Waals surface area contributed by atoms with Crippen LogP contribution >= 0.6 is 11.6 Å². The van der Waals surface area contributed by atoms with Gasteiger partial charge in [-0.15, -0.1) is 0 Å². The number of hydrogen-bond acceptors (Lipinski definition) is 2. The van der Waals surface area contributed by atoms with Crippen molar-refractivity contribution in [3.63, 3.8) is 0 Å². The Morgan fingerprint density at radius 1 is 0.967 bits per heavy atom. The van der Waals surface area contributed by atoms with Crippen molar-refractivity contribution < 1.29 is 18.0 Å². The molecule has 3 aromatic rings. The zero-order valence-corrected chi connectivity index (χ0v) is 16.5. The maximum absolute atomic E-state index is 13.5. The third-order valence-electron chi connectivity index (χ3n) is 5.15. The third-order valence-corrected chi connectivity index (χ3v) is 5.47. The number of carbonyl (C=O) groups is 1. The van der Waals surface area contributed by atoms with Crippen molar-refractivity contribution >= 4 is 28.9 Å². The van der Waals surface area contributed by atoms with Gasteiger partial charge in [-0.1, -0.05) is 54.1 Å². The molecule has 1 atom stereocenters. The first-order valence-corrected chi connectivity index (χ1v) is 9.80. The van der Waals surface area contributed by atoms with Crippen LogP contribution in [0.4, 0.5) is 24.5 Å². The van der Waals surface area contributed by atoms with Gasteiger partial charge in [0.2, 0.25) is 0 Å². The second-order valence-electron chi connectivity index (χ2n) is 7.05. The van der Waals surface area contributed by atoms with E-state index >= 15 is 0 Å². The molecule has 3 aromatic carbocycles. The second kappa shape index (κ2) is 8.03. The van der Waals surface area contributed by atoms with E-state index in [2.05, 4.69) is 5.32 Å². The van der Waals surface area contributed by atoms with Crippen molar-refractivity contribution in [1.29, 1.82) is 0 Å². The van der Waals surface area contributed by atoms with Crippen molar-refractivity contribution in [3.8, 4) is 0 Å². The molecule has 1 amide bonds. The fourth-order valence-electron chi connectivity index (χ4n) is 3.61. The van der Waals surface area contributed by atoms with Crippen LogP contribution in [0.25, 0.3) is 0 Å². The quantitative estimate of drug-likeness (QED) is 0.542. The molecule has 4 rings (SSSR count). The first-order valence-electron chi connectivity index (χ1n) is 9.42. The van der Waals surface area contributed by atoms with Crippen LogP contribution in [0.3, 0.4) is 0 Å². The highest BCUT2D eigenvalue weighted by molar-refractivity contribution is 6.33. The van der Waals surface area contributed by atoms with Gasteiger partial charge >= 0.3 is 6.18 Å². The molecule has 0 radical (unpaired) electrons. The van der Waals surface area contributed by atoms with Gasteiger partial charge in [0, 0.05) is 12.2 Å². The van der Waals surface area contributed by atoms with Crippen LogP contribution in [0.1, 0.15) is 22.7 Å². The third kappa shape index (κ3) is 4.00. The second-order valence-corrected chi connectivity index (χ2v) is 7.45. The molecule has 0 aromatic heterocycles. The molecule has 1 heterocycles. The molecule has 1 aliphatic heterocycles. The molecule has 0 saturated heterocycles. The Kier molecular flexibility index (Phi) is 5.43. The summed E-state index contributed by atoms with van der Waals surface area (Å²) in [6.07, 6.45) is -3.71. The van der Waals surface area contributed by atoms with E-state index in [0.29, 0.717) is 22.8 Å². The predicted octanol–water partition coefficient (Wildman–Crippen LogP) is 6.10. The summed E-state index contributed by atoms with van der Waals surface area (Å²) in [4.78, 5) is 15.2. The van der Waals surface area contributed by atoms with Gasteiger partial charge in [0.25, 0.3) is 5.91 Å². The van der Waals surface area contributed by atoms with Gasteiger partial charge in [0.05, 0.1) is 16.3 Å². The first kappa shape index (κ1) is 20.3. The summed E-state index contributed by atoms with van der Waals surface area (Å²) in [5.74, 6) is -0.250. The average Bonchev–Trinajstić information content (AvgIpc) is 3.16. The molecule has 0 aliphatic carbocycles. The number of alkyl halides is 3. The van der Waals surface area contributed by atoms with Crippen molar-refractivity contribution in [2.24, 2.45) is 0 Å². The molecular weight excluding hydrogens is 413 g/mol. The maximum atomic E-state index is 13.5. The fourth-order valence-corrected chi connectivity index (χ4v) is 3.80. The summed E-state index contributed by atoms with van der Waals surface area (Å²) >= 11 is 6.25. The SMILES string of the molecule is O=C(C(Nc1ccccc1Cl)c1ccc(C(F)(F)F)cc1)N1CCc2ccccc21. The minimum atomic E-state index is -4.44. The van der Waals surface area contributed by atoms with E-state index in [1.807, 2.05) is 24.3 Å². The summed E-state index contributed by atoms with van der Waals surface area (Å²) in [6.45, 7) is 0.513. The number of nitrogens with zero attached hydrogens (tertiary/aromatic N) is 1. The van der Waals surface area contributed by atoms with Crippen molar-refractivity contribution in [3.05, 3.63) is 94.5 Å². The van der Waals surface area contributed by atoms with Crippen LogP contribution in [-0.2, 0) is 17.4 Å². The zero-order chi connectivity index (χ0) is 21.3. The van der Waals surface area contributed by atoms with Crippen molar-refractivity contribution in [2.45, 2.75) is 18.6 Å². The summed E-state index contributed by atoms with van der Waals surface area (Å²) < 4.78 is 38.9. The lowest BCUT2D eigenvalue weighted by molar-refractivity contribution is -0.137. The summed E-state index contributed by atoms with van der Waals surface area (Å²) in [6, 6.07) is 18.3. The van der Waals surface area contributed by atoms with Gasteiger partial charge in [0.15, 0.2) is 0 Å². The van der Waals surface area contributed by atoms with E-state index in [4.69, 9.17) is 11.6 Å². The van der Waals surface area contributed by atoms with E-state index in [0.717, 1.165) is 29.8 Å². The highest BCUT2D eigenvalue weighted by atomic mass is 35.5. The Hall–Kier alpha value is -2.99. The lowest BCUT2D eigenvalue weighted by atomic mass is 10.0. The largest absolute Gasteiger partial charge is 0.416 e. The Labute approximate surface area is 177 Å². The molecule has 7 heteroatoms. The first-order chi connectivity index (χ1) is 14.3. The standard InChI is InChI=1S/C23H18ClF3N2O/c24-18-6-2-3-7-19(18)28-21(16-9-11-17(12-10-16)23(25,26)27)22(30)29-14-13-15-5-1-4-8-20(15)29/h1-12,21,28H,13-14H2. The van der Waals surface area contributed by atoms with E-state index in [1.54, 1.807) is 29.2 Å². The predicted molar refractivity (Wildman–Crippen MR) is 112 cm³/mol. The molecule has 1 unspecified atom stereocenters. The summed E-state index contributed by atoms with van der Waals surface area (Å²) in [5.41, 5.74) is 2.08. The van der Waals surface area contributed by atoms with Gasteiger partial charge in [-0.25, -0.2) is 0 Å². The number of rotatable bonds is 4. The van der Waals surface area contributed by atoms with E-state index < -0.39 is 17.8 Å². The molecule has 3 nitrogen and oxygen atoms in total. The number of para-hydroxylation sites is 2. The number of benzene rings is 3. The number of halogens is 4. The van der Waals surface area contributed by atoms with Crippen molar-refractivity contribution in [2.75, 3.05) is 16.8 Å². The smallest absolute Gasteiger partial charge is 0.369 e. The number of fused-ring (bicyclic) bond motifs is 1. The van der Waals surface area contributed by atoms with E-state index in [9.17, 15) is 18.0 Å². The molecule has 0 spiro atoms. The molecule has 1 aliphatic rings. The molecule has 30 heavy (non-hydrogen) atoms. The van der Waals surface area contributed by atoms with E-state index in [-0.39, 0.29) is 5.91 Å². The van der Waals surface area contributed by atoms with Crippen LogP contribution in [0.2, 0.25) is 5.02 Å². The molecule has 0 fully saturated rings. The summed E-state index contributed by atoms with van der Waals surface area (Å²) in [7, 11) is 0. The van der Waals surface area contributed by atoms with Gasteiger partial charge in [-0.05, 0) is 47.9 Å². The number of amides is 1. The molecule has 0 saturated carbocycles. The number of nitrogens with one attached hydrogen (secondary N) is 1. The van der Waals surface area contributed by atoms with Gasteiger partial charge < -0.3 is 10.2 Å². The van der Waals surface area contributed by atoms with Crippen LogP contribution < -0.4 is 10.2 Å². The minimum Gasteiger partial charge on any atom is -0.369 e. The van der Waals surface area contributed by atoms with Gasteiger partial charge in [-0.3, -0.25) is 4.79 Å². The van der Waals surface area contributed by atoms with Crippen LogP contribution in [-0.4, -0.2) is 12.5 Å². The molecule has 154 valence electrons. The normalized spacial score (nSPS) is 14.3. The van der Waals surface area contributed by atoms with E-state index in [1.165, 1.54) is 12.1 Å². The van der Waals surface area contributed by atoms with Gasteiger partial charge in [0.1, 0.15) is 6.04 Å². The number of carbonyl (C=O) groups excluding carboxylic acids is 1. The van der Waals surface area contributed by atoms with Gasteiger partial charge in [-0.2, -0.15) is 13.2 Å². The monoisotopic (exact) mass is 430 g/mol. The zero-order valence-electron chi connectivity index (χ0n) is 15.8. The highest BCUT2D eigenvalue weighted by Gasteiger charge is 2.33. The number of anilines is 2. The highest BCUT2D eigenvalue weighted by Crippen LogP contribution is 2.34.